The van der Waals surface area contributed by atoms with E-state index in [0.717, 1.165) is 11.8 Å². The number of methoxy groups -OCH3 is 1. The summed E-state index contributed by atoms with van der Waals surface area (Å²) in [4.78, 5) is 22.3. The maximum atomic E-state index is 11.9. The molecule has 0 saturated heterocycles. The molecule has 2 rings (SSSR count). The number of hydrogen-bond acceptors (Lipinski definition) is 5. The third-order valence-electron chi connectivity index (χ3n) is 3.00. The Morgan fingerprint density at radius 3 is 3.05 bits per heavy atom. The van der Waals surface area contributed by atoms with Crippen LogP contribution in [0.5, 0.6) is 5.75 Å². The first-order valence-electron chi connectivity index (χ1n) is 6.14. The van der Waals surface area contributed by atoms with E-state index in [0.29, 0.717) is 30.6 Å². The first-order valence-corrected chi connectivity index (χ1v) is 6.14. The van der Waals surface area contributed by atoms with E-state index in [4.69, 9.17) is 14.2 Å². The molecule has 19 heavy (non-hydrogen) atoms. The molecule has 0 bridgehead atoms. The Hall–Kier alpha value is -1.88. The molecule has 1 heterocycles. The van der Waals surface area contributed by atoms with Crippen molar-refractivity contribution in [1.29, 1.82) is 0 Å². The van der Waals surface area contributed by atoms with Crippen LogP contribution < -0.4 is 4.74 Å². The lowest BCUT2D eigenvalue weighted by Gasteiger charge is -2.25. The van der Waals surface area contributed by atoms with Crippen LogP contribution in [0.2, 0.25) is 0 Å². The Balaban J connectivity index is 2.21. The van der Waals surface area contributed by atoms with E-state index in [9.17, 15) is 9.59 Å². The molecule has 0 fully saturated rings. The zero-order valence-electron chi connectivity index (χ0n) is 10.8. The SMILES string of the molecule is COCOc1cccc2c1CC(CCC=O)OC2=O. The van der Waals surface area contributed by atoms with Crippen LogP contribution in [0.15, 0.2) is 18.2 Å². The third-order valence-corrected chi connectivity index (χ3v) is 3.00. The van der Waals surface area contributed by atoms with Crippen LogP contribution in [0, 0.1) is 0 Å². The van der Waals surface area contributed by atoms with Gasteiger partial charge in [0.1, 0.15) is 18.1 Å². The molecule has 1 aromatic rings. The number of rotatable bonds is 6. The zero-order valence-corrected chi connectivity index (χ0v) is 10.8. The Bertz CT molecular complexity index is 469. The van der Waals surface area contributed by atoms with Crippen LogP contribution in [0.4, 0.5) is 0 Å². The molecule has 0 N–H and O–H groups in total. The Morgan fingerprint density at radius 2 is 2.32 bits per heavy atom. The lowest BCUT2D eigenvalue weighted by atomic mass is 9.95. The van der Waals surface area contributed by atoms with Gasteiger partial charge in [0, 0.05) is 25.5 Å². The first kappa shape index (κ1) is 13.5. The van der Waals surface area contributed by atoms with Gasteiger partial charge in [-0.05, 0) is 18.6 Å². The number of hydrogen-bond donors (Lipinski definition) is 0. The molecule has 102 valence electrons. The summed E-state index contributed by atoms with van der Waals surface area (Å²) in [6, 6.07) is 5.26. The number of ether oxygens (including phenoxy) is 3. The van der Waals surface area contributed by atoms with E-state index < -0.39 is 0 Å². The fourth-order valence-corrected chi connectivity index (χ4v) is 2.12. The molecular formula is C14H16O5. The number of carbonyl (C=O) groups is 2. The van der Waals surface area contributed by atoms with Gasteiger partial charge >= 0.3 is 5.97 Å². The number of esters is 1. The zero-order chi connectivity index (χ0) is 13.7. The smallest absolute Gasteiger partial charge is 0.338 e. The molecular weight excluding hydrogens is 248 g/mol. The summed E-state index contributed by atoms with van der Waals surface area (Å²) in [6.45, 7) is 0.129. The van der Waals surface area contributed by atoms with Gasteiger partial charge in [0.2, 0.25) is 0 Å². The third kappa shape index (κ3) is 3.12. The highest BCUT2D eigenvalue weighted by atomic mass is 16.7. The standard InChI is InChI=1S/C14H16O5/c1-17-9-18-13-6-2-5-11-12(13)8-10(4-3-7-15)19-14(11)16/h2,5-7,10H,3-4,8-9H2,1H3. The second-order valence-corrected chi connectivity index (χ2v) is 4.31. The molecule has 0 aliphatic carbocycles. The highest BCUT2D eigenvalue weighted by Crippen LogP contribution is 2.30. The molecule has 5 heteroatoms. The van der Waals surface area contributed by atoms with Gasteiger partial charge in [0.25, 0.3) is 0 Å². The van der Waals surface area contributed by atoms with E-state index in [2.05, 4.69) is 0 Å². The van der Waals surface area contributed by atoms with Crippen molar-refractivity contribution in [2.75, 3.05) is 13.9 Å². The molecule has 1 atom stereocenters. The number of benzene rings is 1. The molecule has 0 spiro atoms. The highest BCUT2D eigenvalue weighted by molar-refractivity contribution is 5.93. The predicted octanol–water partition coefficient (Wildman–Crippen LogP) is 1.73. The quantitative estimate of drug-likeness (QED) is 0.445. The highest BCUT2D eigenvalue weighted by Gasteiger charge is 2.28. The summed E-state index contributed by atoms with van der Waals surface area (Å²) in [6.07, 6.45) is 2.05. The minimum atomic E-state index is -0.361. The van der Waals surface area contributed by atoms with Crippen LogP contribution in [-0.4, -0.2) is 32.3 Å². The van der Waals surface area contributed by atoms with E-state index in [1.807, 2.05) is 0 Å². The van der Waals surface area contributed by atoms with E-state index in [1.165, 1.54) is 7.11 Å². The Morgan fingerprint density at radius 1 is 1.47 bits per heavy atom. The van der Waals surface area contributed by atoms with Crippen LogP contribution in [0.3, 0.4) is 0 Å². The van der Waals surface area contributed by atoms with Crippen molar-refractivity contribution in [1.82, 2.24) is 0 Å². The second kappa shape index (κ2) is 6.33. The number of cyclic esters (lactones) is 1. The van der Waals surface area contributed by atoms with Gasteiger partial charge < -0.3 is 19.0 Å². The van der Waals surface area contributed by atoms with E-state index in [-0.39, 0.29) is 18.9 Å². The maximum Gasteiger partial charge on any atom is 0.338 e. The monoisotopic (exact) mass is 264 g/mol. The van der Waals surface area contributed by atoms with Crippen LogP contribution >= 0.6 is 0 Å². The first-order chi connectivity index (χ1) is 9.26. The van der Waals surface area contributed by atoms with Crippen molar-refractivity contribution in [2.24, 2.45) is 0 Å². The molecule has 0 aromatic heterocycles. The summed E-state index contributed by atoms with van der Waals surface area (Å²) in [5.41, 5.74) is 1.35. The average Bonchev–Trinajstić information content (AvgIpc) is 2.43. The maximum absolute atomic E-state index is 11.9. The number of aldehydes is 1. The van der Waals surface area contributed by atoms with E-state index in [1.54, 1.807) is 18.2 Å². The van der Waals surface area contributed by atoms with Crippen molar-refractivity contribution in [2.45, 2.75) is 25.4 Å². The van der Waals surface area contributed by atoms with Crippen LogP contribution in [0.25, 0.3) is 0 Å². The van der Waals surface area contributed by atoms with Crippen LogP contribution in [0.1, 0.15) is 28.8 Å². The molecule has 1 aliphatic rings. The van der Waals surface area contributed by atoms with Gasteiger partial charge in [0.05, 0.1) is 5.56 Å². The number of carbonyl (C=O) groups excluding carboxylic acids is 2. The van der Waals surface area contributed by atoms with Gasteiger partial charge in [0.15, 0.2) is 6.79 Å². The van der Waals surface area contributed by atoms with Crippen molar-refractivity contribution < 1.29 is 23.8 Å². The molecule has 0 amide bonds. The van der Waals surface area contributed by atoms with E-state index >= 15 is 0 Å². The van der Waals surface area contributed by atoms with Crippen molar-refractivity contribution in [3.63, 3.8) is 0 Å². The molecule has 0 saturated carbocycles. The van der Waals surface area contributed by atoms with Crippen molar-refractivity contribution in [3.8, 4) is 5.75 Å². The summed E-state index contributed by atoms with van der Waals surface area (Å²) < 4.78 is 15.6. The topological polar surface area (TPSA) is 61.8 Å². The van der Waals surface area contributed by atoms with Crippen LogP contribution in [-0.2, 0) is 20.7 Å². The fourth-order valence-electron chi connectivity index (χ4n) is 2.12. The minimum Gasteiger partial charge on any atom is -0.467 e. The van der Waals surface area contributed by atoms with Gasteiger partial charge in [-0.15, -0.1) is 0 Å². The number of fused-ring (bicyclic) bond motifs is 1. The minimum absolute atomic E-state index is 0.129. The molecule has 0 radical (unpaired) electrons. The lowest BCUT2D eigenvalue weighted by Crippen LogP contribution is -2.28. The van der Waals surface area contributed by atoms with Gasteiger partial charge in [-0.1, -0.05) is 6.07 Å². The van der Waals surface area contributed by atoms with Gasteiger partial charge in [-0.3, -0.25) is 0 Å². The summed E-state index contributed by atoms with van der Waals surface area (Å²) in [7, 11) is 1.54. The summed E-state index contributed by atoms with van der Waals surface area (Å²) >= 11 is 0. The molecule has 5 nitrogen and oxygen atoms in total. The molecule has 1 aliphatic heterocycles. The summed E-state index contributed by atoms with van der Waals surface area (Å²) in [5.74, 6) is 0.270. The predicted molar refractivity (Wildman–Crippen MR) is 67.2 cm³/mol. The van der Waals surface area contributed by atoms with Crippen molar-refractivity contribution in [3.05, 3.63) is 29.3 Å². The Labute approximate surface area is 111 Å². The normalized spacial score (nSPS) is 17.5. The molecule has 1 aromatic carbocycles. The fraction of sp³-hybridized carbons (Fsp3) is 0.429. The largest absolute Gasteiger partial charge is 0.467 e. The lowest BCUT2D eigenvalue weighted by molar-refractivity contribution is -0.108. The van der Waals surface area contributed by atoms with Gasteiger partial charge in [-0.2, -0.15) is 0 Å². The average molecular weight is 264 g/mol. The summed E-state index contributed by atoms with van der Waals surface area (Å²) in [5, 5.41) is 0. The Kier molecular flexibility index (Phi) is 4.52. The van der Waals surface area contributed by atoms with Gasteiger partial charge in [-0.25, -0.2) is 4.79 Å². The molecule has 1 unspecified atom stereocenters. The second-order valence-electron chi connectivity index (χ2n) is 4.31. The van der Waals surface area contributed by atoms with Crippen molar-refractivity contribution >= 4 is 12.3 Å².